The second kappa shape index (κ2) is 9.78. The summed E-state index contributed by atoms with van der Waals surface area (Å²) in [4.78, 5) is 24.6. The molecule has 2 amide bonds. The van der Waals surface area contributed by atoms with Gasteiger partial charge in [-0.3, -0.25) is 14.4 Å². The van der Waals surface area contributed by atoms with Gasteiger partial charge in [0.25, 0.3) is 0 Å². The third-order valence-corrected chi connectivity index (χ3v) is 5.27. The molecule has 1 aliphatic heterocycles. The van der Waals surface area contributed by atoms with Gasteiger partial charge in [0.2, 0.25) is 5.91 Å². The molecule has 33 heavy (non-hydrogen) atoms. The molecule has 1 atom stereocenters. The van der Waals surface area contributed by atoms with Gasteiger partial charge in [0.05, 0.1) is 24.5 Å². The predicted molar refractivity (Wildman–Crippen MR) is 120 cm³/mol. The van der Waals surface area contributed by atoms with Crippen molar-refractivity contribution in [2.75, 3.05) is 18.0 Å². The van der Waals surface area contributed by atoms with E-state index in [1.165, 1.54) is 17.9 Å². The Labute approximate surface area is 190 Å². The molecule has 0 saturated carbocycles. The van der Waals surface area contributed by atoms with Gasteiger partial charge in [-0.05, 0) is 29.3 Å². The van der Waals surface area contributed by atoms with Gasteiger partial charge in [-0.15, -0.1) is 5.10 Å². The Bertz CT molecular complexity index is 1150. The molecule has 10 heteroatoms. The first-order chi connectivity index (χ1) is 15.9. The number of aromatic nitrogens is 3. The maximum absolute atomic E-state index is 14.9. The number of hydrogen-bond acceptors (Lipinski definition) is 6. The average molecular weight is 452 g/mol. The van der Waals surface area contributed by atoms with Crippen LogP contribution in [-0.2, 0) is 29.7 Å². The van der Waals surface area contributed by atoms with Gasteiger partial charge in [0.15, 0.2) is 0 Å². The van der Waals surface area contributed by atoms with Crippen LogP contribution in [0.4, 0.5) is 14.9 Å². The van der Waals surface area contributed by atoms with Crippen molar-refractivity contribution >= 4 is 17.7 Å². The molecule has 2 aromatic carbocycles. The number of amides is 2. The second-order valence-corrected chi connectivity index (χ2v) is 7.90. The van der Waals surface area contributed by atoms with E-state index in [1.807, 2.05) is 37.5 Å². The Morgan fingerprint density at radius 2 is 2.00 bits per heavy atom. The van der Waals surface area contributed by atoms with Crippen molar-refractivity contribution < 1.29 is 18.7 Å². The highest BCUT2D eigenvalue weighted by Crippen LogP contribution is 2.29. The number of nitrogens with zero attached hydrogens (tertiary/aromatic N) is 4. The Hall–Kier alpha value is -3.79. The van der Waals surface area contributed by atoms with Crippen molar-refractivity contribution in [3.05, 3.63) is 65.7 Å². The van der Waals surface area contributed by atoms with Crippen LogP contribution in [0.1, 0.15) is 18.2 Å². The Balaban J connectivity index is 1.37. The van der Waals surface area contributed by atoms with E-state index >= 15 is 0 Å². The van der Waals surface area contributed by atoms with Gasteiger partial charge >= 0.3 is 6.09 Å². The number of ether oxygens (including phenoxy) is 1. The van der Waals surface area contributed by atoms with Crippen molar-refractivity contribution in [1.29, 1.82) is 0 Å². The minimum atomic E-state index is -0.559. The number of benzene rings is 2. The molecular weight excluding hydrogens is 427 g/mol. The number of rotatable bonds is 8. The molecule has 0 radical (unpaired) electrons. The summed E-state index contributed by atoms with van der Waals surface area (Å²) in [5.74, 6) is -0.633. The zero-order chi connectivity index (χ0) is 23.4. The van der Waals surface area contributed by atoms with E-state index in [-0.39, 0.29) is 19.0 Å². The number of carbonyl (C=O) groups is 2. The van der Waals surface area contributed by atoms with Gasteiger partial charge in [0, 0.05) is 38.8 Å². The van der Waals surface area contributed by atoms with Crippen LogP contribution in [-0.4, -0.2) is 46.2 Å². The maximum Gasteiger partial charge on any atom is 0.414 e. The van der Waals surface area contributed by atoms with Crippen LogP contribution in [0.15, 0.2) is 48.7 Å². The van der Waals surface area contributed by atoms with Crippen LogP contribution in [0.25, 0.3) is 11.1 Å². The predicted octanol–water partition coefficient (Wildman–Crippen LogP) is 2.37. The third kappa shape index (κ3) is 5.53. The number of carbonyl (C=O) groups excluding carboxylic acids is 2. The second-order valence-electron chi connectivity index (χ2n) is 7.90. The smallest absolute Gasteiger partial charge is 0.414 e. The summed E-state index contributed by atoms with van der Waals surface area (Å²) in [6.07, 6.45) is 0.822. The summed E-state index contributed by atoms with van der Waals surface area (Å²) in [5.41, 5.74) is 3.52. The normalized spacial score (nSPS) is 15.5. The standard InChI is InChI=1S/C23H25FN6O3/c1-15(31)26-12-20-14-30(23(32)33-20)19-7-8-21(22(24)9-19)17-5-3-16(4-6-17)10-25-11-18-13-29(2)28-27-18/h3-9,13,20,25H,10-12,14H2,1-2H3,(H,26,31)/t20-/m0/s1. The van der Waals surface area contributed by atoms with Crippen molar-refractivity contribution in [1.82, 2.24) is 25.6 Å². The van der Waals surface area contributed by atoms with E-state index in [9.17, 15) is 14.0 Å². The average Bonchev–Trinajstić information content (AvgIpc) is 3.38. The summed E-state index contributed by atoms with van der Waals surface area (Å²) in [6.45, 7) is 3.11. The lowest BCUT2D eigenvalue weighted by Crippen LogP contribution is -2.33. The quantitative estimate of drug-likeness (QED) is 0.544. The molecule has 3 aromatic rings. The number of anilines is 1. The van der Waals surface area contributed by atoms with Crippen LogP contribution in [0.3, 0.4) is 0 Å². The number of cyclic esters (lactones) is 1. The zero-order valence-electron chi connectivity index (χ0n) is 18.4. The zero-order valence-corrected chi connectivity index (χ0v) is 18.4. The van der Waals surface area contributed by atoms with E-state index in [0.717, 1.165) is 16.8 Å². The van der Waals surface area contributed by atoms with Gasteiger partial charge in [-0.1, -0.05) is 29.5 Å². The van der Waals surface area contributed by atoms with Gasteiger partial charge in [-0.25, -0.2) is 9.18 Å². The number of hydrogen-bond donors (Lipinski definition) is 2. The van der Waals surface area contributed by atoms with Crippen LogP contribution < -0.4 is 15.5 Å². The summed E-state index contributed by atoms with van der Waals surface area (Å²) in [7, 11) is 1.82. The first-order valence-electron chi connectivity index (χ1n) is 10.6. The number of nitrogens with one attached hydrogen (secondary N) is 2. The van der Waals surface area contributed by atoms with Crippen molar-refractivity contribution in [2.45, 2.75) is 26.1 Å². The van der Waals surface area contributed by atoms with Gasteiger partial charge in [0.1, 0.15) is 11.9 Å². The topological polar surface area (TPSA) is 101 Å². The van der Waals surface area contributed by atoms with E-state index in [2.05, 4.69) is 20.9 Å². The minimum absolute atomic E-state index is 0.202. The fourth-order valence-corrected chi connectivity index (χ4v) is 3.62. The molecule has 172 valence electrons. The van der Waals surface area contributed by atoms with Crippen molar-refractivity contribution in [3.8, 4) is 11.1 Å². The first kappa shape index (κ1) is 22.4. The summed E-state index contributed by atoms with van der Waals surface area (Å²) < 4.78 is 21.8. The molecule has 0 aliphatic carbocycles. The molecule has 0 bridgehead atoms. The van der Waals surface area contributed by atoms with Gasteiger partial charge < -0.3 is 15.4 Å². The summed E-state index contributed by atoms with van der Waals surface area (Å²) >= 11 is 0. The lowest BCUT2D eigenvalue weighted by Gasteiger charge is -2.15. The Morgan fingerprint density at radius 3 is 2.67 bits per heavy atom. The molecule has 2 N–H and O–H groups in total. The molecule has 2 heterocycles. The third-order valence-electron chi connectivity index (χ3n) is 5.27. The molecule has 0 spiro atoms. The first-order valence-corrected chi connectivity index (χ1v) is 10.6. The fourth-order valence-electron chi connectivity index (χ4n) is 3.62. The monoisotopic (exact) mass is 452 g/mol. The van der Waals surface area contributed by atoms with Crippen molar-refractivity contribution in [3.63, 3.8) is 0 Å². The molecule has 1 aromatic heterocycles. The van der Waals surface area contributed by atoms with Crippen molar-refractivity contribution in [2.24, 2.45) is 7.05 Å². The molecule has 1 aliphatic rings. The number of halogens is 1. The Kier molecular flexibility index (Phi) is 6.64. The number of aryl methyl sites for hydroxylation is 1. The van der Waals surface area contributed by atoms with E-state index in [4.69, 9.17) is 4.74 Å². The van der Waals surface area contributed by atoms with E-state index < -0.39 is 18.0 Å². The van der Waals surface area contributed by atoms with Crippen LogP contribution in [0.5, 0.6) is 0 Å². The van der Waals surface area contributed by atoms with E-state index in [0.29, 0.717) is 24.3 Å². The fraction of sp³-hybridized carbons (Fsp3) is 0.304. The highest BCUT2D eigenvalue weighted by Gasteiger charge is 2.32. The van der Waals surface area contributed by atoms with Gasteiger partial charge in [-0.2, -0.15) is 0 Å². The Morgan fingerprint density at radius 1 is 1.21 bits per heavy atom. The molecular formula is C23H25FN6O3. The van der Waals surface area contributed by atoms with Crippen LogP contribution in [0, 0.1) is 5.82 Å². The van der Waals surface area contributed by atoms with Crippen LogP contribution in [0.2, 0.25) is 0 Å². The largest absolute Gasteiger partial charge is 0.442 e. The minimum Gasteiger partial charge on any atom is -0.442 e. The molecule has 0 unspecified atom stereocenters. The molecule has 1 fully saturated rings. The molecule has 1 saturated heterocycles. The summed E-state index contributed by atoms with van der Waals surface area (Å²) in [5, 5.41) is 13.8. The molecule has 4 rings (SSSR count). The maximum atomic E-state index is 14.9. The SMILES string of the molecule is CC(=O)NC[C@H]1CN(c2ccc(-c3ccc(CNCc4cn(C)nn4)cc3)c(F)c2)C(=O)O1. The highest BCUT2D eigenvalue weighted by molar-refractivity contribution is 5.90. The highest BCUT2D eigenvalue weighted by atomic mass is 19.1. The van der Waals surface area contributed by atoms with E-state index in [1.54, 1.807) is 16.8 Å². The molecule has 9 nitrogen and oxygen atoms in total. The lowest BCUT2D eigenvalue weighted by atomic mass is 10.0. The lowest BCUT2D eigenvalue weighted by molar-refractivity contribution is -0.119. The summed E-state index contributed by atoms with van der Waals surface area (Å²) in [6, 6.07) is 12.3. The van der Waals surface area contributed by atoms with Crippen LogP contribution >= 0.6 is 0 Å².